The molecule has 5 N–H and O–H groups in total. The average molecular weight is 436 g/mol. The summed E-state index contributed by atoms with van der Waals surface area (Å²) in [6.45, 7) is 1.32. The molecule has 8 nitrogen and oxygen atoms in total. The molecule has 2 aromatic rings. The summed E-state index contributed by atoms with van der Waals surface area (Å²) in [5.41, 5.74) is 6.02. The predicted molar refractivity (Wildman–Crippen MR) is 115 cm³/mol. The number of benzene rings is 2. The maximum atomic E-state index is 12.2. The van der Waals surface area contributed by atoms with E-state index in [1.165, 1.54) is 12.5 Å². The van der Waals surface area contributed by atoms with E-state index >= 15 is 0 Å². The topological polar surface area (TPSA) is 131 Å². The first-order valence-electron chi connectivity index (χ1n) is 9.73. The summed E-state index contributed by atoms with van der Waals surface area (Å²) in [5, 5.41) is 2.59. The lowest BCUT2D eigenvalue weighted by molar-refractivity contribution is -0.121. The summed E-state index contributed by atoms with van der Waals surface area (Å²) in [7, 11) is -4.70. The predicted octanol–water partition coefficient (Wildman–Crippen LogP) is 3.24. The zero-order chi connectivity index (χ0) is 22.0. The van der Waals surface area contributed by atoms with Crippen molar-refractivity contribution in [3.8, 4) is 5.75 Å². The van der Waals surface area contributed by atoms with Crippen molar-refractivity contribution in [1.82, 2.24) is 0 Å². The molecule has 0 saturated carbocycles. The third kappa shape index (κ3) is 9.07. The zero-order valence-electron chi connectivity index (χ0n) is 17.0. The molecule has 0 bridgehead atoms. The van der Waals surface area contributed by atoms with Gasteiger partial charge in [-0.15, -0.1) is 0 Å². The number of carbonyl (C=O) groups excluding carboxylic acids is 1. The van der Waals surface area contributed by atoms with Crippen molar-refractivity contribution in [3.63, 3.8) is 0 Å². The van der Waals surface area contributed by atoms with Crippen LogP contribution in [-0.4, -0.2) is 34.4 Å². The molecule has 0 radical (unpaired) electrons. The van der Waals surface area contributed by atoms with Gasteiger partial charge in [-0.25, -0.2) is 4.57 Å². The molecule has 2 aromatic carbocycles. The molecular formula is C21H29N2O6P. The highest BCUT2D eigenvalue weighted by atomic mass is 31.2. The van der Waals surface area contributed by atoms with Crippen LogP contribution in [0.4, 0.5) is 5.69 Å². The molecule has 164 valence electrons. The molecule has 0 aromatic heterocycles. The molecule has 1 atom stereocenters. The van der Waals surface area contributed by atoms with Gasteiger partial charge in [0.1, 0.15) is 11.3 Å². The number of carbonyl (C=O) groups is 1. The Morgan fingerprint density at radius 2 is 1.73 bits per heavy atom. The Morgan fingerprint density at radius 3 is 2.37 bits per heavy atom. The molecule has 9 heteroatoms. The van der Waals surface area contributed by atoms with Crippen molar-refractivity contribution in [2.75, 3.05) is 18.5 Å². The monoisotopic (exact) mass is 436 g/mol. The van der Waals surface area contributed by atoms with E-state index in [2.05, 4.69) is 34.1 Å². The Labute approximate surface area is 176 Å². The van der Waals surface area contributed by atoms with Crippen LogP contribution >= 0.6 is 7.82 Å². The van der Waals surface area contributed by atoms with Crippen LogP contribution in [0.3, 0.4) is 0 Å². The lowest BCUT2D eigenvalue weighted by Gasteiger charge is -2.23. The number of amides is 1. The third-order valence-corrected chi connectivity index (χ3v) is 4.85. The standard InChI is InChI=1S/C21H29N2O6P/c1-21(22,16-29-30(25,26)27)20(24)23-18-11-13-19(14-12-18)28-15-7-3-6-10-17-8-4-2-5-9-17/h2,4-5,8-9,11-14H,3,6-7,10,15-16,22H2,1H3,(H,23,24)(H2,25,26,27)/t21-/m0/s1. The molecule has 0 unspecified atom stereocenters. The number of rotatable bonds is 12. The van der Waals surface area contributed by atoms with Crippen LogP contribution < -0.4 is 15.8 Å². The Morgan fingerprint density at radius 1 is 1.07 bits per heavy atom. The molecule has 0 aliphatic heterocycles. The van der Waals surface area contributed by atoms with Gasteiger partial charge in [0.25, 0.3) is 0 Å². The average Bonchev–Trinajstić information content (AvgIpc) is 2.70. The highest BCUT2D eigenvalue weighted by Crippen LogP contribution is 2.36. The Hall–Kier alpha value is -2.22. The van der Waals surface area contributed by atoms with Crippen molar-refractivity contribution < 1.29 is 28.4 Å². The Kier molecular flexibility index (Phi) is 9.02. The summed E-state index contributed by atoms with van der Waals surface area (Å²) >= 11 is 0. The molecular weight excluding hydrogens is 407 g/mol. The molecule has 30 heavy (non-hydrogen) atoms. The van der Waals surface area contributed by atoms with Crippen molar-refractivity contribution in [3.05, 3.63) is 60.2 Å². The van der Waals surface area contributed by atoms with Crippen LogP contribution in [0.5, 0.6) is 5.75 Å². The number of phosphoric acid groups is 1. The summed E-state index contributed by atoms with van der Waals surface area (Å²) in [5.74, 6) is 0.0689. The maximum Gasteiger partial charge on any atom is 0.469 e. The summed E-state index contributed by atoms with van der Waals surface area (Å²) in [4.78, 5) is 29.7. The minimum atomic E-state index is -4.70. The largest absolute Gasteiger partial charge is 0.494 e. The van der Waals surface area contributed by atoms with Gasteiger partial charge in [-0.1, -0.05) is 30.3 Å². The number of anilines is 1. The number of nitrogens with two attached hydrogens (primary N) is 1. The normalized spacial score (nSPS) is 13.5. The minimum absolute atomic E-state index is 0.489. The number of aryl methyl sites for hydroxylation is 1. The van der Waals surface area contributed by atoms with Crippen molar-refractivity contribution in [2.24, 2.45) is 5.73 Å². The van der Waals surface area contributed by atoms with Crippen molar-refractivity contribution in [2.45, 2.75) is 38.1 Å². The second-order valence-electron chi connectivity index (χ2n) is 7.30. The van der Waals surface area contributed by atoms with Gasteiger partial charge in [-0.2, -0.15) is 0 Å². The van der Waals surface area contributed by atoms with E-state index in [1.807, 2.05) is 6.07 Å². The van der Waals surface area contributed by atoms with Crippen LogP contribution in [0.25, 0.3) is 0 Å². The second-order valence-corrected chi connectivity index (χ2v) is 8.54. The fourth-order valence-electron chi connectivity index (χ4n) is 2.63. The van der Waals surface area contributed by atoms with Gasteiger partial charge >= 0.3 is 7.82 Å². The number of phosphoric ester groups is 1. The zero-order valence-corrected chi connectivity index (χ0v) is 17.9. The number of unbranched alkanes of at least 4 members (excludes halogenated alkanes) is 2. The van der Waals surface area contributed by atoms with Gasteiger partial charge in [0.15, 0.2) is 0 Å². The molecule has 0 spiro atoms. The van der Waals surface area contributed by atoms with E-state index in [0.717, 1.165) is 25.7 Å². The Bertz CT molecular complexity index is 836. The molecule has 0 heterocycles. The first-order chi connectivity index (χ1) is 14.2. The second kappa shape index (κ2) is 11.2. The molecule has 1 amide bonds. The first kappa shape index (κ1) is 24.1. The van der Waals surface area contributed by atoms with Crippen molar-refractivity contribution in [1.29, 1.82) is 0 Å². The van der Waals surface area contributed by atoms with Gasteiger partial charge in [0.2, 0.25) is 5.91 Å². The first-order valence-corrected chi connectivity index (χ1v) is 11.3. The molecule has 0 saturated heterocycles. The lowest BCUT2D eigenvalue weighted by Crippen LogP contribution is -2.52. The van der Waals surface area contributed by atoms with Crippen LogP contribution in [0.15, 0.2) is 54.6 Å². The van der Waals surface area contributed by atoms with Gasteiger partial charge in [0.05, 0.1) is 13.2 Å². The van der Waals surface area contributed by atoms with Crippen LogP contribution in [0, 0.1) is 0 Å². The van der Waals surface area contributed by atoms with Gasteiger partial charge in [0, 0.05) is 5.69 Å². The lowest BCUT2D eigenvalue weighted by atomic mass is 10.0. The minimum Gasteiger partial charge on any atom is -0.494 e. The van der Waals surface area contributed by atoms with Crippen molar-refractivity contribution >= 4 is 19.4 Å². The highest BCUT2D eigenvalue weighted by Gasteiger charge is 2.32. The fourth-order valence-corrected chi connectivity index (χ4v) is 3.07. The summed E-state index contributed by atoms with van der Waals surface area (Å²) in [6.07, 6.45) is 4.21. The van der Waals surface area contributed by atoms with Gasteiger partial charge in [-0.3, -0.25) is 9.32 Å². The maximum absolute atomic E-state index is 12.2. The molecule has 2 rings (SSSR count). The summed E-state index contributed by atoms with van der Waals surface area (Å²) < 4.78 is 20.8. The third-order valence-electron chi connectivity index (χ3n) is 4.38. The summed E-state index contributed by atoms with van der Waals surface area (Å²) in [6, 6.07) is 17.2. The smallest absolute Gasteiger partial charge is 0.469 e. The van der Waals surface area contributed by atoms with E-state index in [0.29, 0.717) is 18.0 Å². The number of hydrogen-bond acceptors (Lipinski definition) is 5. The number of nitrogens with one attached hydrogen (secondary N) is 1. The quantitative estimate of drug-likeness (QED) is 0.297. The van der Waals surface area contributed by atoms with E-state index in [1.54, 1.807) is 24.3 Å². The molecule has 0 aliphatic rings. The van der Waals surface area contributed by atoms with E-state index in [4.69, 9.17) is 20.3 Å². The van der Waals surface area contributed by atoms with Crippen LogP contribution in [-0.2, 0) is 20.3 Å². The van der Waals surface area contributed by atoms with Crippen LogP contribution in [0.1, 0.15) is 31.7 Å². The van der Waals surface area contributed by atoms with E-state index in [-0.39, 0.29) is 0 Å². The Balaban J connectivity index is 1.69. The number of hydrogen-bond donors (Lipinski definition) is 4. The molecule has 0 aliphatic carbocycles. The van der Waals surface area contributed by atoms with Gasteiger partial charge in [-0.05, 0) is 62.4 Å². The van der Waals surface area contributed by atoms with Crippen LogP contribution in [0.2, 0.25) is 0 Å². The number of ether oxygens (including phenoxy) is 1. The molecule has 0 fully saturated rings. The fraction of sp³-hybridized carbons (Fsp3) is 0.381. The van der Waals surface area contributed by atoms with E-state index in [9.17, 15) is 9.36 Å². The van der Waals surface area contributed by atoms with Gasteiger partial charge < -0.3 is 25.6 Å². The highest BCUT2D eigenvalue weighted by molar-refractivity contribution is 7.46. The van der Waals surface area contributed by atoms with E-state index < -0.39 is 25.9 Å². The SMILES string of the molecule is C[C@](N)(COP(=O)(O)O)C(=O)Nc1ccc(OCCCCCc2ccccc2)cc1.